The zero-order valence-corrected chi connectivity index (χ0v) is 10.8. The quantitative estimate of drug-likeness (QED) is 0.435. The molecule has 4 heteroatoms. The van der Waals surface area contributed by atoms with E-state index in [1.165, 1.54) is 0 Å². The number of ketones is 1. The first-order chi connectivity index (χ1) is 8.63. The van der Waals surface area contributed by atoms with Gasteiger partial charge in [-0.25, -0.2) is 0 Å². The average molecular weight is 249 g/mol. The molecular formula is C14H19NO3. The highest BCUT2D eigenvalue weighted by atomic mass is 16.5. The first-order valence-electron chi connectivity index (χ1n) is 6.03. The van der Waals surface area contributed by atoms with E-state index in [2.05, 4.69) is 5.32 Å². The topological polar surface area (TPSA) is 55.4 Å². The molecule has 98 valence electrons. The lowest BCUT2D eigenvalue weighted by atomic mass is 10.1. The van der Waals surface area contributed by atoms with E-state index in [4.69, 9.17) is 4.74 Å². The number of benzene rings is 1. The van der Waals surface area contributed by atoms with Crippen LogP contribution in [0.3, 0.4) is 0 Å². The zero-order chi connectivity index (χ0) is 13.4. The van der Waals surface area contributed by atoms with Gasteiger partial charge in [-0.3, -0.25) is 9.59 Å². The van der Waals surface area contributed by atoms with Crippen molar-refractivity contribution >= 4 is 12.2 Å². The van der Waals surface area contributed by atoms with E-state index in [1.807, 2.05) is 32.0 Å². The molecule has 0 aromatic heterocycles. The van der Waals surface area contributed by atoms with Gasteiger partial charge in [-0.2, -0.15) is 0 Å². The van der Waals surface area contributed by atoms with Crippen LogP contribution in [0.2, 0.25) is 0 Å². The first-order valence-corrected chi connectivity index (χ1v) is 6.03. The molecule has 0 heterocycles. The maximum atomic E-state index is 11.8. The van der Waals surface area contributed by atoms with Crippen molar-refractivity contribution < 1.29 is 14.3 Å². The average Bonchev–Trinajstić information content (AvgIpc) is 2.36. The Morgan fingerprint density at radius 1 is 1.33 bits per heavy atom. The molecule has 0 saturated carbocycles. The Balaban J connectivity index is 2.46. The van der Waals surface area contributed by atoms with Crippen LogP contribution in [0, 0.1) is 5.92 Å². The highest BCUT2D eigenvalue weighted by molar-refractivity contribution is 5.97. The molecule has 4 nitrogen and oxygen atoms in total. The number of nitrogens with one attached hydrogen (secondary N) is 1. The fourth-order valence-electron chi connectivity index (χ4n) is 1.57. The summed E-state index contributed by atoms with van der Waals surface area (Å²) >= 11 is 0. The second kappa shape index (κ2) is 7.61. The van der Waals surface area contributed by atoms with Gasteiger partial charge in [0.2, 0.25) is 6.41 Å². The molecule has 0 aliphatic rings. The van der Waals surface area contributed by atoms with E-state index in [9.17, 15) is 9.59 Å². The summed E-state index contributed by atoms with van der Waals surface area (Å²) in [5.41, 5.74) is 0.618. The number of carbonyl (C=O) groups is 2. The predicted octanol–water partition coefficient (Wildman–Crippen LogP) is 2.00. The van der Waals surface area contributed by atoms with Gasteiger partial charge < -0.3 is 10.1 Å². The largest absolute Gasteiger partial charge is 0.350 e. The van der Waals surface area contributed by atoms with Crippen LogP contribution in [0.1, 0.15) is 30.6 Å². The van der Waals surface area contributed by atoms with Gasteiger partial charge in [0, 0.05) is 5.56 Å². The van der Waals surface area contributed by atoms with Crippen LogP contribution in [-0.4, -0.2) is 25.0 Å². The molecule has 1 aromatic rings. The summed E-state index contributed by atoms with van der Waals surface area (Å²) < 4.78 is 5.42. The normalized spacial score (nSPS) is 12.2. The van der Waals surface area contributed by atoms with Crippen molar-refractivity contribution in [3.05, 3.63) is 35.9 Å². The smallest absolute Gasteiger partial charge is 0.209 e. The van der Waals surface area contributed by atoms with Crippen LogP contribution in [0.25, 0.3) is 0 Å². The summed E-state index contributed by atoms with van der Waals surface area (Å²) in [4.78, 5) is 22.2. The minimum Gasteiger partial charge on any atom is -0.350 e. The minimum atomic E-state index is -0.407. The molecule has 1 atom stereocenters. The predicted molar refractivity (Wildman–Crippen MR) is 69.2 cm³/mol. The number of Topliss-reactive ketones (excluding diaryl/α,β-unsaturated/α-hetero) is 1. The van der Waals surface area contributed by atoms with Crippen molar-refractivity contribution in [2.45, 2.75) is 26.5 Å². The molecular weight excluding hydrogens is 230 g/mol. The Kier molecular flexibility index (Phi) is 6.08. The van der Waals surface area contributed by atoms with Crippen LogP contribution in [0.15, 0.2) is 30.3 Å². The Labute approximate surface area is 107 Å². The molecule has 0 saturated heterocycles. The van der Waals surface area contributed by atoms with Gasteiger partial charge in [-0.05, 0) is 12.3 Å². The van der Waals surface area contributed by atoms with E-state index in [0.717, 1.165) is 0 Å². The minimum absolute atomic E-state index is 0.0256. The van der Waals surface area contributed by atoms with E-state index < -0.39 is 6.23 Å². The van der Waals surface area contributed by atoms with E-state index in [-0.39, 0.29) is 12.4 Å². The summed E-state index contributed by atoms with van der Waals surface area (Å²) in [6.07, 6.45) is 0.871. The van der Waals surface area contributed by atoms with Crippen molar-refractivity contribution in [1.29, 1.82) is 0 Å². The summed E-state index contributed by atoms with van der Waals surface area (Å²) in [5.74, 6) is 0.298. The second-order valence-electron chi connectivity index (χ2n) is 4.50. The third kappa shape index (κ3) is 5.10. The lowest BCUT2D eigenvalue weighted by Crippen LogP contribution is -2.33. The standard InChI is InChI=1S/C14H19NO3/c1-11(2)8-14(15-10-16)18-9-13(17)12-6-4-3-5-7-12/h3-7,10-11,14H,8-9H2,1-2H3,(H,15,16). The van der Waals surface area contributed by atoms with E-state index >= 15 is 0 Å². The molecule has 0 bridgehead atoms. The number of rotatable bonds is 8. The van der Waals surface area contributed by atoms with Gasteiger partial charge in [0.1, 0.15) is 12.8 Å². The van der Waals surface area contributed by atoms with Crippen LogP contribution >= 0.6 is 0 Å². The van der Waals surface area contributed by atoms with Crippen LogP contribution in [-0.2, 0) is 9.53 Å². The fraction of sp³-hybridized carbons (Fsp3) is 0.429. The molecule has 1 rings (SSSR count). The number of hydrogen-bond acceptors (Lipinski definition) is 3. The van der Waals surface area contributed by atoms with Crippen molar-refractivity contribution in [3.8, 4) is 0 Å². The number of amides is 1. The number of hydrogen-bond donors (Lipinski definition) is 1. The van der Waals surface area contributed by atoms with E-state index in [1.54, 1.807) is 12.1 Å². The maximum Gasteiger partial charge on any atom is 0.209 e. The van der Waals surface area contributed by atoms with Crippen molar-refractivity contribution in [3.63, 3.8) is 0 Å². The summed E-state index contributed by atoms with van der Waals surface area (Å²) in [7, 11) is 0. The molecule has 0 aliphatic heterocycles. The van der Waals surface area contributed by atoms with Gasteiger partial charge in [-0.1, -0.05) is 44.2 Å². The highest BCUT2D eigenvalue weighted by Crippen LogP contribution is 2.07. The van der Waals surface area contributed by atoms with Gasteiger partial charge in [0.05, 0.1) is 0 Å². The second-order valence-corrected chi connectivity index (χ2v) is 4.50. The van der Waals surface area contributed by atoms with Crippen LogP contribution in [0.4, 0.5) is 0 Å². The molecule has 1 aromatic carbocycles. The maximum absolute atomic E-state index is 11.8. The third-order valence-corrected chi connectivity index (χ3v) is 2.45. The molecule has 0 spiro atoms. The SMILES string of the molecule is CC(C)CC(NC=O)OCC(=O)c1ccccc1. The Morgan fingerprint density at radius 3 is 2.56 bits per heavy atom. The molecule has 1 N–H and O–H groups in total. The number of carbonyl (C=O) groups excluding carboxylic acids is 2. The van der Waals surface area contributed by atoms with Crippen LogP contribution in [0.5, 0.6) is 0 Å². The Hall–Kier alpha value is -1.68. The first kappa shape index (κ1) is 14.4. The summed E-state index contributed by atoms with van der Waals surface area (Å²) in [6, 6.07) is 8.96. The van der Waals surface area contributed by atoms with Gasteiger partial charge >= 0.3 is 0 Å². The molecule has 0 aliphatic carbocycles. The van der Waals surface area contributed by atoms with Crippen molar-refractivity contribution in [2.75, 3.05) is 6.61 Å². The van der Waals surface area contributed by atoms with Gasteiger partial charge in [0.25, 0.3) is 0 Å². The molecule has 1 amide bonds. The molecule has 0 fully saturated rings. The Morgan fingerprint density at radius 2 is 2.00 bits per heavy atom. The van der Waals surface area contributed by atoms with Crippen LogP contribution < -0.4 is 5.32 Å². The molecule has 18 heavy (non-hydrogen) atoms. The summed E-state index contributed by atoms with van der Waals surface area (Å²) in [5, 5.41) is 2.57. The lowest BCUT2D eigenvalue weighted by molar-refractivity contribution is -0.113. The number of ether oxygens (including phenoxy) is 1. The van der Waals surface area contributed by atoms with Gasteiger partial charge in [-0.15, -0.1) is 0 Å². The fourth-order valence-corrected chi connectivity index (χ4v) is 1.57. The van der Waals surface area contributed by atoms with Gasteiger partial charge in [0.15, 0.2) is 5.78 Å². The lowest BCUT2D eigenvalue weighted by Gasteiger charge is -2.18. The molecule has 0 radical (unpaired) electrons. The van der Waals surface area contributed by atoms with Crippen molar-refractivity contribution in [1.82, 2.24) is 5.32 Å². The van der Waals surface area contributed by atoms with E-state index in [0.29, 0.717) is 24.3 Å². The monoisotopic (exact) mass is 249 g/mol. The zero-order valence-electron chi connectivity index (χ0n) is 10.8. The molecule has 1 unspecified atom stereocenters. The summed E-state index contributed by atoms with van der Waals surface area (Å²) in [6.45, 7) is 4.03. The van der Waals surface area contributed by atoms with Crippen molar-refractivity contribution in [2.24, 2.45) is 5.92 Å². The Bertz CT molecular complexity index is 376. The third-order valence-electron chi connectivity index (χ3n) is 2.45. The highest BCUT2D eigenvalue weighted by Gasteiger charge is 2.13.